The molecule has 1 heterocycles. The highest BCUT2D eigenvalue weighted by Gasteiger charge is 2.11. The number of sulfonamides is 1. The summed E-state index contributed by atoms with van der Waals surface area (Å²) < 4.78 is 28.0. The fraction of sp³-hybridized carbons (Fsp3) is 0.0833. The van der Waals surface area contributed by atoms with Gasteiger partial charge in [-0.25, -0.2) is 13.6 Å². The molecule has 1 aromatic heterocycles. The van der Waals surface area contributed by atoms with Gasteiger partial charge in [-0.15, -0.1) is 0 Å². The third kappa shape index (κ3) is 3.21. The van der Waals surface area contributed by atoms with Gasteiger partial charge in [0.25, 0.3) is 0 Å². The minimum atomic E-state index is -3.79. The second-order valence-electron chi connectivity index (χ2n) is 3.98. The van der Waals surface area contributed by atoms with Crippen LogP contribution in [-0.4, -0.2) is 13.4 Å². The van der Waals surface area contributed by atoms with E-state index in [1.165, 1.54) is 24.4 Å². The number of nitrogens with two attached hydrogens (primary N) is 2. The lowest BCUT2D eigenvalue weighted by molar-refractivity contribution is 0.480. The van der Waals surface area contributed by atoms with Crippen LogP contribution in [0.1, 0.15) is 5.69 Å². The Morgan fingerprint density at radius 2 is 1.95 bits per heavy atom. The van der Waals surface area contributed by atoms with Crippen LogP contribution in [0.3, 0.4) is 0 Å². The lowest BCUT2D eigenvalue weighted by Gasteiger charge is -2.09. The number of pyridine rings is 1. The van der Waals surface area contributed by atoms with Crippen molar-refractivity contribution in [2.45, 2.75) is 11.8 Å². The van der Waals surface area contributed by atoms with Gasteiger partial charge in [-0.05, 0) is 31.2 Å². The molecule has 0 aliphatic heterocycles. The number of nitrogens with zero attached hydrogens (tertiary/aromatic N) is 1. The number of hydrogen-bond acceptors (Lipinski definition) is 5. The quantitative estimate of drug-likeness (QED) is 0.826. The maximum atomic E-state index is 11.3. The van der Waals surface area contributed by atoms with Gasteiger partial charge in [-0.1, -0.05) is 0 Å². The zero-order valence-corrected chi connectivity index (χ0v) is 11.0. The largest absolute Gasteiger partial charge is 0.454 e. The second kappa shape index (κ2) is 4.87. The Bertz CT molecular complexity index is 697. The van der Waals surface area contributed by atoms with E-state index in [1.54, 1.807) is 12.1 Å². The molecule has 0 unspecified atom stereocenters. The summed E-state index contributed by atoms with van der Waals surface area (Å²) in [6, 6.07) is 7.52. The lowest BCUT2D eigenvalue weighted by atomic mass is 10.3. The summed E-state index contributed by atoms with van der Waals surface area (Å²) in [6.07, 6.45) is 1.53. The Labute approximate surface area is 111 Å². The molecule has 0 radical (unpaired) electrons. The average Bonchev–Trinajstić information content (AvgIpc) is 2.33. The summed E-state index contributed by atoms with van der Waals surface area (Å²) in [6.45, 7) is 1.85. The van der Waals surface area contributed by atoms with E-state index in [-0.39, 0.29) is 10.6 Å². The first-order valence-electron chi connectivity index (χ1n) is 5.39. The second-order valence-corrected chi connectivity index (χ2v) is 5.54. The van der Waals surface area contributed by atoms with E-state index in [9.17, 15) is 8.42 Å². The van der Waals surface area contributed by atoms with E-state index in [2.05, 4.69) is 4.98 Å². The first-order valence-corrected chi connectivity index (χ1v) is 6.94. The molecule has 0 fully saturated rings. The molecule has 100 valence electrons. The van der Waals surface area contributed by atoms with Crippen molar-refractivity contribution in [3.05, 3.63) is 42.2 Å². The Morgan fingerprint density at radius 3 is 2.53 bits per heavy atom. The molecule has 2 aromatic rings. The molecule has 0 aliphatic carbocycles. The predicted octanol–water partition coefficient (Wildman–Crippen LogP) is 1.41. The number of nitrogen functional groups attached to an aromatic ring is 1. The van der Waals surface area contributed by atoms with Gasteiger partial charge in [0.2, 0.25) is 10.0 Å². The van der Waals surface area contributed by atoms with Crippen LogP contribution in [-0.2, 0) is 10.0 Å². The summed E-state index contributed by atoms with van der Waals surface area (Å²) >= 11 is 0. The minimum absolute atomic E-state index is 0.0585. The molecule has 7 heteroatoms. The minimum Gasteiger partial charge on any atom is -0.454 e. The number of anilines is 1. The van der Waals surface area contributed by atoms with Gasteiger partial charge >= 0.3 is 0 Å². The molecule has 0 saturated heterocycles. The zero-order valence-electron chi connectivity index (χ0n) is 10.2. The first-order chi connectivity index (χ1) is 8.86. The van der Waals surface area contributed by atoms with Crippen molar-refractivity contribution in [3.8, 4) is 11.5 Å². The SMILES string of the molecule is Cc1ccc(Oc2cc(S(N)(=O)=O)ccc2N)cn1. The molecule has 0 bridgehead atoms. The summed E-state index contributed by atoms with van der Waals surface area (Å²) in [5.41, 5.74) is 6.89. The molecule has 1 aromatic carbocycles. The highest BCUT2D eigenvalue weighted by molar-refractivity contribution is 7.89. The first kappa shape index (κ1) is 13.3. The number of rotatable bonds is 3. The Kier molecular flexibility index (Phi) is 3.41. The van der Waals surface area contributed by atoms with Gasteiger partial charge in [0.15, 0.2) is 5.75 Å². The number of ether oxygens (including phenoxy) is 1. The van der Waals surface area contributed by atoms with Crippen molar-refractivity contribution in [2.75, 3.05) is 5.73 Å². The molecule has 6 nitrogen and oxygen atoms in total. The number of hydrogen-bond donors (Lipinski definition) is 2. The van der Waals surface area contributed by atoms with Crippen LogP contribution >= 0.6 is 0 Å². The smallest absolute Gasteiger partial charge is 0.238 e. The summed E-state index contributed by atoms with van der Waals surface area (Å²) in [7, 11) is -3.79. The summed E-state index contributed by atoms with van der Waals surface area (Å²) in [4.78, 5) is 4.01. The molecule has 0 aliphatic rings. The maximum absolute atomic E-state index is 11.3. The highest BCUT2D eigenvalue weighted by Crippen LogP contribution is 2.29. The molecule has 2 rings (SSSR count). The standard InChI is InChI=1S/C12H13N3O3S/c1-8-2-3-9(7-15-8)18-12-6-10(19(14,16)17)4-5-11(12)13/h2-7H,13H2,1H3,(H2,14,16,17). The van der Waals surface area contributed by atoms with Crippen molar-refractivity contribution in [1.29, 1.82) is 0 Å². The van der Waals surface area contributed by atoms with E-state index in [0.29, 0.717) is 11.4 Å². The number of primary sulfonamides is 1. The number of benzene rings is 1. The Hall–Kier alpha value is -2.12. The van der Waals surface area contributed by atoms with Crippen LogP contribution in [0.25, 0.3) is 0 Å². The van der Waals surface area contributed by atoms with Gasteiger partial charge in [-0.2, -0.15) is 0 Å². The maximum Gasteiger partial charge on any atom is 0.238 e. The molecule has 4 N–H and O–H groups in total. The monoisotopic (exact) mass is 279 g/mol. The topological polar surface area (TPSA) is 108 Å². The van der Waals surface area contributed by atoms with E-state index >= 15 is 0 Å². The van der Waals surface area contributed by atoms with Gasteiger partial charge in [0.1, 0.15) is 5.75 Å². The molecule has 19 heavy (non-hydrogen) atoms. The van der Waals surface area contributed by atoms with E-state index in [0.717, 1.165) is 5.69 Å². The predicted molar refractivity (Wildman–Crippen MR) is 71.3 cm³/mol. The fourth-order valence-corrected chi connectivity index (χ4v) is 1.95. The summed E-state index contributed by atoms with van der Waals surface area (Å²) in [5.74, 6) is 0.682. The van der Waals surface area contributed by atoms with E-state index in [4.69, 9.17) is 15.6 Å². The third-order valence-electron chi connectivity index (χ3n) is 2.43. The molecular formula is C12H13N3O3S. The van der Waals surface area contributed by atoms with Crippen LogP contribution in [0, 0.1) is 6.92 Å². The molecular weight excluding hydrogens is 266 g/mol. The van der Waals surface area contributed by atoms with Crippen molar-refractivity contribution >= 4 is 15.7 Å². The van der Waals surface area contributed by atoms with Crippen molar-refractivity contribution in [3.63, 3.8) is 0 Å². The Morgan fingerprint density at radius 1 is 1.21 bits per heavy atom. The van der Waals surface area contributed by atoms with Crippen LogP contribution in [0.15, 0.2) is 41.4 Å². The molecule has 0 atom stereocenters. The van der Waals surface area contributed by atoms with Crippen LogP contribution in [0.2, 0.25) is 0 Å². The summed E-state index contributed by atoms with van der Waals surface area (Å²) in [5, 5.41) is 5.05. The van der Waals surface area contributed by atoms with Gasteiger partial charge in [0, 0.05) is 11.8 Å². The van der Waals surface area contributed by atoms with Crippen molar-refractivity contribution in [1.82, 2.24) is 4.98 Å². The lowest BCUT2D eigenvalue weighted by Crippen LogP contribution is -2.12. The normalized spacial score (nSPS) is 11.3. The van der Waals surface area contributed by atoms with Gasteiger partial charge in [0.05, 0.1) is 16.8 Å². The molecule has 0 saturated carbocycles. The molecule has 0 amide bonds. The Balaban J connectivity index is 2.37. The number of aromatic nitrogens is 1. The van der Waals surface area contributed by atoms with E-state index < -0.39 is 10.0 Å². The highest BCUT2D eigenvalue weighted by atomic mass is 32.2. The van der Waals surface area contributed by atoms with Crippen LogP contribution in [0.5, 0.6) is 11.5 Å². The van der Waals surface area contributed by atoms with Crippen molar-refractivity contribution in [2.24, 2.45) is 5.14 Å². The molecule has 0 spiro atoms. The van der Waals surface area contributed by atoms with Gasteiger partial charge < -0.3 is 10.5 Å². The average molecular weight is 279 g/mol. The van der Waals surface area contributed by atoms with Crippen LogP contribution in [0.4, 0.5) is 5.69 Å². The van der Waals surface area contributed by atoms with Gasteiger partial charge in [-0.3, -0.25) is 4.98 Å². The van der Waals surface area contributed by atoms with Crippen LogP contribution < -0.4 is 15.6 Å². The number of aryl methyl sites for hydroxylation is 1. The van der Waals surface area contributed by atoms with Crippen molar-refractivity contribution < 1.29 is 13.2 Å². The van der Waals surface area contributed by atoms with E-state index in [1.807, 2.05) is 6.92 Å². The third-order valence-corrected chi connectivity index (χ3v) is 3.34. The fourth-order valence-electron chi connectivity index (χ4n) is 1.42. The zero-order chi connectivity index (χ0) is 14.0.